The first-order valence-corrected chi connectivity index (χ1v) is 2.83. The second kappa shape index (κ2) is 2.69. The van der Waals surface area contributed by atoms with E-state index < -0.39 is 26.3 Å². The Bertz CT molecular complexity index is 85.9. The van der Waals surface area contributed by atoms with Crippen molar-refractivity contribution in [3.8, 4) is 0 Å². The average molecular weight is 193 g/mol. The van der Waals surface area contributed by atoms with E-state index in [9.17, 15) is 9.59 Å². The molecule has 0 aromatic heterocycles. The zero-order valence-corrected chi connectivity index (χ0v) is 4.68. The van der Waals surface area contributed by atoms with Crippen LogP contribution < -0.4 is 0 Å². The molecular formula is C2H2O4Rh. The summed E-state index contributed by atoms with van der Waals surface area (Å²) in [5.41, 5.74) is 0. The maximum absolute atomic E-state index is 9.46. The number of hydrogen-bond acceptors (Lipinski definition) is 2. The van der Waals surface area contributed by atoms with Crippen molar-refractivity contribution in [1.29, 1.82) is 0 Å². The fourth-order valence-corrected chi connectivity index (χ4v) is 0.361. The van der Waals surface area contributed by atoms with Crippen LogP contribution in [0, 0.1) is 0 Å². The van der Waals surface area contributed by atoms with Gasteiger partial charge in [0.05, 0.1) is 0 Å². The molecule has 4 nitrogen and oxygen atoms in total. The molecule has 0 heterocycles. The summed E-state index contributed by atoms with van der Waals surface area (Å²) in [5.74, 6) is 0. The van der Waals surface area contributed by atoms with E-state index in [4.69, 9.17) is 10.2 Å². The number of carboxylic acid groups (broad SMARTS) is 2. The normalized spacial score (nSPS) is 8.57. The molecule has 0 aliphatic rings. The van der Waals surface area contributed by atoms with Crippen LogP contribution >= 0.6 is 0 Å². The molecule has 0 atom stereocenters. The third kappa shape index (κ3) is 5.56. The van der Waals surface area contributed by atoms with Gasteiger partial charge in [-0.15, -0.1) is 0 Å². The van der Waals surface area contributed by atoms with Crippen LogP contribution in [0.4, 0.5) is 9.59 Å². The van der Waals surface area contributed by atoms with Crippen LogP contribution in [0.3, 0.4) is 0 Å². The van der Waals surface area contributed by atoms with E-state index in [0.717, 1.165) is 0 Å². The Hall–Kier alpha value is -0.437. The quantitative estimate of drug-likeness (QED) is 0.623. The molecule has 0 aliphatic heterocycles. The molecule has 0 amide bonds. The third-order valence-electron chi connectivity index (χ3n) is 0.143. The number of hydrogen-bond donors (Lipinski definition) is 2. The Balaban J connectivity index is 3.32. The van der Waals surface area contributed by atoms with Crippen LogP contribution in [0.5, 0.6) is 0 Å². The van der Waals surface area contributed by atoms with Gasteiger partial charge in [-0.1, -0.05) is 0 Å². The third-order valence-corrected chi connectivity index (χ3v) is 0.843. The molecule has 0 aromatic carbocycles. The van der Waals surface area contributed by atoms with E-state index in [0.29, 0.717) is 0 Å². The monoisotopic (exact) mass is 193 g/mol. The van der Waals surface area contributed by atoms with Crippen LogP contribution in [-0.2, 0) is 17.1 Å². The van der Waals surface area contributed by atoms with Gasteiger partial charge in [-0.2, -0.15) is 0 Å². The molecule has 0 radical (unpaired) electrons. The summed E-state index contributed by atoms with van der Waals surface area (Å²) in [4.78, 5) is 18.9. The molecule has 0 saturated heterocycles. The van der Waals surface area contributed by atoms with Gasteiger partial charge in [0, 0.05) is 0 Å². The fraction of sp³-hybridized carbons (Fsp3) is 0. The van der Waals surface area contributed by atoms with Crippen molar-refractivity contribution in [2.75, 3.05) is 0 Å². The second-order valence-corrected chi connectivity index (χ2v) is 2.36. The van der Waals surface area contributed by atoms with Crippen LogP contribution in [0.2, 0.25) is 0 Å². The van der Waals surface area contributed by atoms with Gasteiger partial charge in [-0.25, -0.2) is 0 Å². The number of rotatable bonds is 2. The minimum absolute atomic E-state index is 1.24. The predicted molar refractivity (Wildman–Crippen MR) is 16.0 cm³/mol. The van der Waals surface area contributed by atoms with E-state index in [1.54, 1.807) is 0 Å². The van der Waals surface area contributed by atoms with Crippen molar-refractivity contribution in [3.63, 3.8) is 0 Å². The number of carbonyl (C=O) groups is 2. The Labute approximate surface area is 46.7 Å². The Morgan fingerprint density at radius 1 is 1.14 bits per heavy atom. The fourth-order valence-electron chi connectivity index (χ4n) is 0.0610. The molecule has 0 bridgehead atoms. The van der Waals surface area contributed by atoms with Gasteiger partial charge in [0.1, 0.15) is 0 Å². The van der Waals surface area contributed by atoms with Gasteiger partial charge >= 0.3 is 46.1 Å². The standard InChI is InChI=1S/2CHO2.Rh/c2*2-1-3;/h2*(H,2,3);. The molecule has 7 heavy (non-hydrogen) atoms. The summed E-state index contributed by atoms with van der Waals surface area (Å²) >= 11 is -1.35. The Morgan fingerprint density at radius 2 is 1.43 bits per heavy atom. The maximum atomic E-state index is 9.46. The molecule has 0 fully saturated rings. The Morgan fingerprint density at radius 3 is 1.43 bits per heavy atom. The van der Waals surface area contributed by atoms with Crippen molar-refractivity contribution >= 4 is 9.13 Å². The summed E-state index contributed by atoms with van der Waals surface area (Å²) in [7, 11) is 0. The second-order valence-electron chi connectivity index (χ2n) is 0.551. The van der Waals surface area contributed by atoms with Gasteiger partial charge in [-0.05, 0) is 0 Å². The van der Waals surface area contributed by atoms with Gasteiger partial charge in [0.15, 0.2) is 0 Å². The summed E-state index contributed by atoms with van der Waals surface area (Å²) in [5, 5.41) is 15.5. The average Bonchev–Trinajstić information content (AvgIpc) is 1.27. The van der Waals surface area contributed by atoms with E-state index in [-0.39, 0.29) is 0 Å². The van der Waals surface area contributed by atoms with E-state index in [1.807, 2.05) is 0 Å². The molecule has 43 valence electrons. The molecular weight excluding hydrogens is 191 g/mol. The molecule has 0 aliphatic carbocycles. The molecule has 0 unspecified atom stereocenters. The van der Waals surface area contributed by atoms with Gasteiger partial charge < -0.3 is 0 Å². The first kappa shape index (κ1) is 6.56. The first-order chi connectivity index (χ1) is 3.13. The van der Waals surface area contributed by atoms with E-state index >= 15 is 0 Å². The van der Waals surface area contributed by atoms with Crippen LogP contribution in [0.25, 0.3) is 0 Å². The molecule has 0 saturated carbocycles. The minimum atomic E-state index is -1.35. The van der Waals surface area contributed by atoms with E-state index in [1.165, 1.54) is 0 Å². The predicted octanol–water partition coefficient (Wildman–Crippen LogP) is 0.425. The molecule has 0 spiro atoms. The molecule has 0 rings (SSSR count). The van der Waals surface area contributed by atoms with Crippen molar-refractivity contribution in [2.45, 2.75) is 0 Å². The van der Waals surface area contributed by atoms with Crippen LogP contribution in [0.1, 0.15) is 0 Å². The van der Waals surface area contributed by atoms with Crippen molar-refractivity contribution in [2.24, 2.45) is 0 Å². The zero-order chi connectivity index (χ0) is 5.86. The van der Waals surface area contributed by atoms with Crippen molar-refractivity contribution < 1.29 is 36.9 Å². The van der Waals surface area contributed by atoms with Crippen LogP contribution in [-0.4, -0.2) is 19.3 Å². The van der Waals surface area contributed by atoms with Crippen molar-refractivity contribution in [3.05, 3.63) is 0 Å². The van der Waals surface area contributed by atoms with Gasteiger partial charge in [0.25, 0.3) is 0 Å². The summed E-state index contributed by atoms with van der Waals surface area (Å²) < 4.78 is -2.48. The van der Waals surface area contributed by atoms with Crippen LogP contribution in [0.15, 0.2) is 0 Å². The van der Waals surface area contributed by atoms with Gasteiger partial charge in [-0.3, -0.25) is 0 Å². The first-order valence-electron chi connectivity index (χ1n) is 1.19. The van der Waals surface area contributed by atoms with Crippen molar-refractivity contribution in [1.82, 2.24) is 0 Å². The summed E-state index contributed by atoms with van der Waals surface area (Å²) in [6.07, 6.45) is 0. The van der Waals surface area contributed by atoms with Gasteiger partial charge in [0.2, 0.25) is 0 Å². The topological polar surface area (TPSA) is 74.6 Å². The summed E-state index contributed by atoms with van der Waals surface area (Å²) in [6.45, 7) is 0. The summed E-state index contributed by atoms with van der Waals surface area (Å²) in [6, 6.07) is 0. The molecule has 2 N–H and O–H groups in total. The molecule has 5 heteroatoms. The molecule has 0 aromatic rings. The zero-order valence-electron chi connectivity index (χ0n) is 3.04. The Kier molecular flexibility index (Phi) is 2.52. The SMILES string of the molecule is O=[C](O)[Rh][C](=O)O. The van der Waals surface area contributed by atoms with E-state index in [2.05, 4.69) is 0 Å².